The van der Waals surface area contributed by atoms with Gasteiger partial charge in [-0.05, 0) is 25.0 Å². The molecule has 0 N–H and O–H groups in total. The quantitative estimate of drug-likeness (QED) is 0.745. The summed E-state index contributed by atoms with van der Waals surface area (Å²) in [6.07, 6.45) is 1.98. The first-order valence-corrected chi connectivity index (χ1v) is 6.47. The summed E-state index contributed by atoms with van der Waals surface area (Å²) in [6, 6.07) is 5.39. The topological polar surface area (TPSA) is 17.8 Å². The highest BCUT2D eigenvalue weighted by Crippen LogP contribution is 2.27. The molecule has 0 fully saturated rings. The minimum atomic E-state index is -0.279. The summed E-state index contributed by atoms with van der Waals surface area (Å²) in [7, 11) is 0. The van der Waals surface area contributed by atoms with Gasteiger partial charge in [0, 0.05) is 6.04 Å². The van der Waals surface area contributed by atoms with Crippen molar-refractivity contribution in [1.29, 1.82) is 0 Å². The van der Waals surface area contributed by atoms with E-state index >= 15 is 0 Å². The predicted molar refractivity (Wildman–Crippen MR) is 68.9 cm³/mol. The van der Waals surface area contributed by atoms with Crippen molar-refractivity contribution in [2.24, 2.45) is 0 Å². The highest BCUT2D eigenvalue weighted by atomic mass is 35.5. The van der Waals surface area contributed by atoms with Crippen LogP contribution in [-0.4, -0.2) is 9.55 Å². The lowest BCUT2D eigenvalue weighted by molar-refractivity contribution is 0.472. The molecule has 0 aliphatic heterocycles. The summed E-state index contributed by atoms with van der Waals surface area (Å²) in [5.74, 6) is 0.781. The van der Waals surface area contributed by atoms with Gasteiger partial charge in [-0.1, -0.05) is 19.9 Å². The molecule has 0 saturated heterocycles. The number of hydrogen-bond acceptors (Lipinski definition) is 1. The first-order chi connectivity index (χ1) is 8.22. The maximum absolute atomic E-state index is 13.7. The van der Waals surface area contributed by atoms with Gasteiger partial charge in [0.25, 0.3) is 0 Å². The lowest BCUT2D eigenvalue weighted by atomic mass is 10.1. The largest absolute Gasteiger partial charge is 0.324 e. The molecule has 2 rings (SSSR count). The number of benzene rings is 1. The second kappa shape index (κ2) is 5.05. The van der Waals surface area contributed by atoms with Gasteiger partial charge in [0.15, 0.2) is 5.82 Å². The maximum Gasteiger partial charge on any atom is 0.151 e. The molecule has 92 valence electrons. The van der Waals surface area contributed by atoms with Gasteiger partial charge in [-0.15, -0.1) is 11.6 Å². The molecule has 0 spiro atoms. The van der Waals surface area contributed by atoms with Crippen molar-refractivity contribution in [3.8, 4) is 0 Å². The molecule has 1 heterocycles. The zero-order valence-electron chi connectivity index (χ0n) is 10.1. The Hall–Kier alpha value is -1.09. The minimum absolute atomic E-state index is 0.279. The van der Waals surface area contributed by atoms with Crippen LogP contribution in [0.4, 0.5) is 4.39 Å². The Bertz CT molecular complexity index is 517. The molecule has 2 nitrogen and oxygen atoms in total. The lowest BCUT2D eigenvalue weighted by Gasteiger charge is -2.17. The average molecular weight is 255 g/mol. The van der Waals surface area contributed by atoms with Crippen LogP contribution in [0.1, 0.15) is 38.6 Å². The lowest BCUT2D eigenvalue weighted by Crippen LogP contribution is -2.09. The fraction of sp³-hybridized carbons (Fsp3) is 0.462. The second-order valence-corrected chi connectivity index (χ2v) is 4.38. The van der Waals surface area contributed by atoms with Gasteiger partial charge in [-0.2, -0.15) is 0 Å². The van der Waals surface area contributed by atoms with Gasteiger partial charge < -0.3 is 4.57 Å². The number of fused-ring (bicyclic) bond motifs is 1. The standard InChI is InChI=1S/C13H16ClFN2/c1-3-9(4-2)17-11-7-5-6-10(15)13(11)16-12(17)8-14/h5-7,9H,3-4,8H2,1-2H3. The summed E-state index contributed by atoms with van der Waals surface area (Å²) in [6.45, 7) is 4.24. The van der Waals surface area contributed by atoms with E-state index < -0.39 is 0 Å². The number of para-hydroxylation sites is 1. The van der Waals surface area contributed by atoms with Crippen molar-refractivity contribution in [3.63, 3.8) is 0 Å². The first-order valence-electron chi connectivity index (χ1n) is 5.94. The summed E-state index contributed by atoms with van der Waals surface area (Å²) in [5, 5.41) is 0. The number of hydrogen-bond donors (Lipinski definition) is 0. The van der Waals surface area contributed by atoms with Gasteiger partial charge in [-0.3, -0.25) is 0 Å². The fourth-order valence-electron chi connectivity index (χ4n) is 2.29. The zero-order chi connectivity index (χ0) is 12.4. The third-order valence-electron chi connectivity index (χ3n) is 3.17. The second-order valence-electron chi connectivity index (χ2n) is 4.11. The molecule has 2 aromatic rings. The van der Waals surface area contributed by atoms with Crippen LogP contribution in [0.3, 0.4) is 0 Å². The fourth-order valence-corrected chi connectivity index (χ4v) is 2.48. The van der Waals surface area contributed by atoms with Crippen molar-refractivity contribution in [3.05, 3.63) is 29.8 Å². The smallest absolute Gasteiger partial charge is 0.151 e. The molecule has 0 aliphatic rings. The molecule has 1 aromatic heterocycles. The van der Waals surface area contributed by atoms with Crippen LogP contribution in [0, 0.1) is 5.82 Å². The van der Waals surface area contributed by atoms with E-state index in [1.165, 1.54) is 6.07 Å². The Kier molecular flexibility index (Phi) is 3.67. The highest BCUT2D eigenvalue weighted by Gasteiger charge is 2.17. The Morgan fingerprint density at radius 3 is 2.65 bits per heavy atom. The van der Waals surface area contributed by atoms with E-state index in [4.69, 9.17) is 11.6 Å². The molecule has 1 aromatic carbocycles. The molecule has 0 atom stereocenters. The number of rotatable bonds is 4. The molecule has 0 unspecified atom stereocenters. The monoisotopic (exact) mass is 254 g/mol. The van der Waals surface area contributed by atoms with Crippen LogP contribution in [0.2, 0.25) is 0 Å². The van der Waals surface area contributed by atoms with E-state index in [0.29, 0.717) is 17.4 Å². The van der Waals surface area contributed by atoms with Crippen molar-refractivity contribution < 1.29 is 4.39 Å². The number of imidazole rings is 1. The summed E-state index contributed by atoms with van der Waals surface area (Å²) in [4.78, 5) is 4.30. The van der Waals surface area contributed by atoms with E-state index in [-0.39, 0.29) is 5.82 Å². The van der Waals surface area contributed by atoms with Gasteiger partial charge >= 0.3 is 0 Å². The normalized spacial score (nSPS) is 11.6. The number of aromatic nitrogens is 2. The Morgan fingerprint density at radius 2 is 2.06 bits per heavy atom. The Labute approximate surface area is 105 Å². The zero-order valence-corrected chi connectivity index (χ0v) is 10.8. The molecule has 0 saturated carbocycles. The summed E-state index contributed by atoms with van der Waals surface area (Å²) < 4.78 is 15.7. The molecular formula is C13H16ClFN2. The minimum Gasteiger partial charge on any atom is -0.324 e. The number of alkyl halides is 1. The number of nitrogens with zero attached hydrogens (tertiary/aromatic N) is 2. The van der Waals surface area contributed by atoms with E-state index in [1.54, 1.807) is 6.07 Å². The molecular weight excluding hydrogens is 239 g/mol. The Morgan fingerprint density at radius 1 is 1.35 bits per heavy atom. The Balaban J connectivity index is 2.70. The molecule has 4 heteroatoms. The van der Waals surface area contributed by atoms with Crippen molar-refractivity contribution in [2.45, 2.75) is 38.6 Å². The summed E-state index contributed by atoms with van der Waals surface area (Å²) >= 11 is 5.91. The van der Waals surface area contributed by atoms with Crippen LogP contribution in [0.5, 0.6) is 0 Å². The molecule has 0 bridgehead atoms. The van der Waals surface area contributed by atoms with Gasteiger partial charge in [0.05, 0.1) is 11.4 Å². The van der Waals surface area contributed by atoms with Gasteiger partial charge in [-0.25, -0.2) is 9.37 Å². The third-order valence-corrected chi connectivity index (χ3v) is 3.41. The van der Waals surface area contributed by atoms with E-state index in [1.807, 2.05) is 6.07 Å². The SMILES string of the molecule is CCC(CC)n1c(CCl)nc2c(F)cccc21. The summed E-state index contributed by atoms with van der Waals surface area (Å²) in [5.41, 5.74) is 1.27. The van der Waals surface area contributed by atoms with Crippen LogP contribution in [-0.2, 0) is 5.88 Å². The highest BCUT2D eigenvalue weighted by molar-refractivity contribution is 6.16. The van der Waals surface area contributed by atoms with Crippen molar-refractivity contribution in [1.82, 2.24) is 9.55 Å². The molecule has 0 amide bonds. The van der Waals surface area contributed by atoms with E-state index in [2.05, 4.69) is 23.4 Å². The third kappa shape index (κ3) is 2.04. The molecule has 17 heavy (non-hydrogen) atoms. The van der Waals surface area contributed by atoms with Crippen LogP contribution < -0.4 is 0 Å². The van der Waals surface area contributed by atoms with Crippen LogP contribution in [0.15, 0.2) is 18.2 Å². The van der Waals surface area contributed by atoms with Gasteiger partial charge in [0.1, 0.15) is 11.3 Å². The van der Waals surface area contributed by atoms with Crippen LogP contribution in [0.25, 0.3) is 11.0 Å². The van der Waals surface area contributed by atoms with Crippen molar-refractivity contribution >= 4 is 22.6 Å². The maximum atomic E-state index is 13.7. The molecule has 0 aliphatic carbocycles. The average Bonchev–Trinajstić information content (AvgIpc) is 2.72. The van der Waals surface area contributed by atoms with Gasteiger partial charge in [0.2, 0.25) is 0 Å². The van der Waals surface area contributed by atoms with E-state index in [0.717, 1.165) is 24.2 Å². The van der Waals surface area contributed by atoms with E-state index in [9.17, 15) is 4.39 Å². The number of halogens is 2. The predicted octanol–water partition coefficient (Wildman–Crippen LogP) is 4.28. The van der Waals surface area contributed by atoms with Crippen molar-refractivity contribution in [2.75, 3.05) is 0 Å². The molecule has 0 radical (unpaired) electrons. The van der Waals surface area contributed by atoms with Crippen LogP contribution >= 0.6 is 11.6 Å². The first kappa shape index (κ1) is 12.4.